The van der Waals surface area contributed by atoms with Gasteiger partial charge in [0.1, 0.15) is 0 Å². The van der Waals surface area contributed by atoms with E-state index in [0.717, 1.165) is 18.8 Å². The highest BCUT2D eigenvalue weighted by molar-refractivity contribution is 5.80. The molecular weight excluding hydrogens is 260 g/mol. The Labute approximate surface area is 130 Å². The zero-order chi connectivity index (χ0) is 15.5. The summed E-state index contributed by atoms with van der Waals surface area (Å²) in [5, 5.41) is 3.29. The predicted octanol–water partition coefficient (Wildman–Crippen LogP) is 3.44. The number of carbonyl (C=O) groups excluding carboxylic acids is 1. The molecule has 1 heterocycles. The highest BCUT2D eigenvalue weighted by Crippen LogP contribution is 2.52. The number of hydrogen-bond donors (Lipinski definition) is 1. The molecule has 0 bridgehead atoms. The van der Waals surface area contributed by atoms with E-state index in [1.807, 2.05) is 13.8 Å². The predicted molar refractivity (Wildman–Crippen MR) is 88.2 cm³/mol. The van der Waals surface area contributed by atoms with Gasteiger partial charge in [-0.15, -0.1) is 0 Å². The van der Waals surface area contributed by atoms with Crippen LogP contribution in [0.2, 0.25) is 0 Å². The topological polar surface area (TPSA) is 32.3 Å². The van der Waals surface area contributed by atoms with Crippen molar-refractivity contribution in [2.24, 2.45) is 17.3 Å². The lowest BCUT2D eigenvalue weighted by molar-refractivity contribution is -0.135. The molecule has 21 heavy (non-hydrogen) atoms. The van der Waals surface area contributed by atoms with Gasteiger partial charge in [-0.3, -0.25) is 4.79 Å². The molecule has 2 saturated carbocycles. The van der Waals surface area contributed by atoms with Gasteiger partial charge >= 0.3 is 0 Å². The second-order valence-electron chi connectivity index (χ2n) is 7.53. The van der Waals surface area contributed by atoms with Crippen LogP contribution in [0, 0.1) is 17.3 Å². The first-order chi connectivity index (χ1) is 10.1. The monoisotopic (exact) mass is 294 g/mol. The van der Waals surface area contributed by atoms with Crippen molar-refractivity contribution in [1.29, 1.82) is 0 Å². The summed E-state index contributed by atoms with van der Waals surface area (Å²) in [5.41, 5.74) is 0.525. The zero-order valence-corrected chi connectivity index (χ0v) is 14.5. The molecule has 1 aliphatic heterocycles. The van der Waals surface area contributed by atoms with Crippen molar-refractivity contribution in [3.63, 3.8) is 0 Å². The molecule has 3 aliphatic rings. The first kappa shape index (κ1) is 16.8. The molecule has 3 nitrogen and oxygen atoms in total. The number of carbonyl (C=O) groups is 1. The standard InChI is InChI=1S/C16H28N2O.C2H6/c1-12-3-4-14(9-12)17-15(19)13-10-16(11-13)5-7-18(2)8-6-16;1-2/h12-14H,3-11H2,1-2H3,(H,17,19);1-2H3. The summed E-state index contributed by atoms with van der Waals surface area (Å²) in [5.74, 6) is 1.47. The fourth-order valence-electron chi connectivity index (χ4n) is 4.33. The largest absolute Gasteiger partial charge is 0.353 e. The Balaban J connectivity index is 0.000000774. The van der Waals surface area contributed by atoms with Crippen LogP contribution >= 0.6 is 0 Å². The molecule has 3 fully saturated rings. The Morgan fingerprint density at radius 3 is 2.29 bits per heavy atom. The van der Waals surface area contributed by atoms with Crippen LogP contribution in [-0.4, -0.2) is 37.0 Å². The molecule has 3 heteroatoms. The highest BCUT2D eigenvalue weighted by atomic mass is 16.2. The van der Waals surface area contributed by atoms with Crippen molar-refractivity contribution in [3.8, 4) is 0 Å². The lowest BCUT2D eigenvalue weighted by Gasteiger charge is -2.51. The summed E-state index contributed by atoms with van der Waals surface area (Å²) >= 11 is 0. The fraction of sp³-hybridized carbons (Fsp3) is 0.944. The Morgan fingerprint density at radius 1 is 1.14 bits per heavy atom. The molecule has 3 rings (SSSR count). The molecular formula is C18H34N2O. The van der Waals surface area contributed by atoms with Gasteiger partial charge in [0.05, 0.1) is 0 Å². The summed E-state index contributed by atoms with van der Waals surface area (Å²) < 4.78 is 0. The maximum atomic E-state index is 12.3. The molecule has 1 spiro atoms. The summed E-state index contributed by atoms with van der Waals surface area (Å²) in [7, 11) is 2.21. The third-order valence-corrected chi connectivity index (χ3v) is 5.82. The number of rotatable bonds is 2. The molecule has 2 atom stereocenters. The molecule has 122 valence electrons. The lowest BCUT2D eigenvalue weighted by Crippen LogP contribution is -2.51. The Bertz CT molecular complexity index is 339. The van der Waals surface area contributed by atoms with E-state index in [1.165, 1.54) is 45.2 Å². The van der Waals surface area contributed by atoms with Gasteiger partial charge in [0.15, 0.2) is 0 Å². The summed E-state index contributed by atoms with van der Waals surface area (Å²) in [6.07, 6.45) is 8.56. The van der Waals surface area contributed by atoms with Crippen molar-refractivity contribution >= 4 is 5.91 Å². The van der Waals surface area contributed by atoms with Crippen LogP contribution in [0.3, 0.4) is 0 Å². The van der Waals surface area contributed by atoms with Crippen LogP contribution in [0.5, 0.6) is 0 Å². The average Bonchev–Trinajstić information content (AvgIpc) is 2.85. The molecule has 0 aromatic carbocycles. The van der Waals surface area contributed by atoms with Crippen LogP contribution in [-0.2, 0) is 4.79 Å². The van der Waals surface area contributed by atoms with Crippen molar-refractivity contribution in [2.75, 3.05) is 20.1 Å². The van der Waals surface area contributed by atoms with Gasteiger partial charge in [-0.2, -0.15) is 0 Å². The van der Waals surface area contributed by atoms with Gasteiger partial charge in [0.25, 0.3) is 0 Å². The molecule has 1 N–H and O–H groups in total. The molecule has 2 unspecified atom stereocenters. The van der Waals surface area contributed by atoms with Gasteiger partial charge < -0.3 is 10.2 Å². The fourth-order valence-corrected chi connectivity index (χ4v) is 4.33. The molecule has 0 radical (unpaired) electrons. The van der Waals surface area contributed by atoms with E-state index in [9.17, 15) is 4.79 Å². The molecule has 2 aliphatic carbocycles. The van der Waals surface area contributed by atoms with Crippen molar-refractivity contribution in [3.05, 3.63) is 0 Å². The minimum atomic E-state index is 0.319. The molecule has 1 amide bonds. The van der Waals surface area contributed by atoms with Gasteiger partial charge in [-0.1, -0.05) is 20.8 Å². The highest BCUT2D eigenvalue weighted by Gasteiger charge is 2.48. The van der Waals surface area contributed by atoms with Crippen molar-refractivity contribution < 1.29 is 4.79 Å². The van der Waals surface area contributed by atoms with Crippen LogP contribution < -0.4 is 5.32 Å². The summed E-state index contributed by atoms with van der Waals surface area (Å²) in [4.78, 5) is 14.7. The minimum absolute atomic E-state index is 0.319. The zero-order valence-electron chi connectivity index (χ0n) is 14.5. The van der Waals surface area contributed by atoms with Gasteiger partial charge in [-0.05, 0) is 76.4 Å². The minimum Gasteiger partial charge on any atom is -0.353 e. The SMILES string of the molecule is CC.CC1CCC(NC(=O)C2CC3(CCN(C)CC3)C2)C1. The van der Waals surface area contributed by atoms with E-state index >= 15 is 0 Å². The van der Waals surface area contributed by atoms with Crippen LogP contribution in [0.15, 0.2) is 0 Å². The van der Waals surface area contributed by atoms with Crippen LogP contribution in [0.1, 0.15) is 65.7 Å². The average molecular weight is 294 g/mol. The van der Waals surface area contributed by atoms with E-state index in [0.29, 0.717) is 23.3 Å². The van der Waals surface area contributed by atoms with Gasteiger partial charge in [-0.25, -0.2) is 0 Å². The van der Waals surface area contributed by atoms with Gasteiger partial charge in [0, 0.05) is 12.0 Å². The second kappa shape index (κ2) is 7.13. The first-order valence-corrected chi connectivity index (χ1v) is 9.05. The first-order valence-electron chi connectivity index (χ1n) is 9.05. The number of piperidine rings is 1. The Hall–Kier alpha value is -0.570. The van der Waals surface area contributed by atoms with E-state index in [1.54, 1.807) is 0 Å². The number of nitrogens with one attached hydrogen (secondary N) is 1. The third-order valence-electron chi connectivity index (χ3n) is 5.82. The second-order valence-corrected chi connectivity index (χ2v) is 7.53. The number of amides is 1. The Morgan fingerprint density at radius 2 is 1.76 bits per heavy atom. The number of hydrogen-bond acceptors (Lipinski definition) is 2. The van der Waals surface area contributed by atoms with E-state index in [2.05, 4.69) is 24.2 Å². The quantitative estimate of drug-likeness (QED) is 0.846. The third kappa shape index (κ3) is 4.00. The Kier molecular flexibility index (Phi) is 5.70. The van der Waals surface area contributed by atoms with Gasteiger partial charge in [0.2, 0.25) is 5.91 Å². The number of likely N-dealkylation sites (tertiary alicyclic amines) is 1. The molecule has 0 aromatic heterocycles. The van der Waals surface area contributed by atoms with Crippen molar-refractivity contribution in [1.82, 2.24) is 10.2 Å². The lowest BCUT2D eigenvalue weighted by atomic mass is 9.57. The maximum Gasteiger partial charge on any atom is 0.223 e. The van der Waals surface area contributed by atoms with Crippen LogP contribution in [0.25, 0.3) is 0 Å². The molecule has 0 aromatic rings. The normalized spacial score (nSPS) is 32.2. The summed E-state index contributed by atoms with van der Waals surface area (Å²) in [6.45, 7) is 8.73. The number of nitrogens with zero attached hydrogens (tertiary/aromatic N) is 1. The summed E-state index contributed by atoms with van der Waals surface area (Å²) in [6, 6.07) is 0.469. The van der Waals surface area contributed by atoms with E-state index < -0.39 is 0 Å². The molecule has 1 saturated heterocycles. The van der Waals surface area contributed by atoms with E-state index in [4.69, 9.17) is 0 Å². The van der Waals surface area contributed by atoms with E-state index in [-0.39, 0.29) is 0 Å². The smallest absolute Gasteiger partial charge is 0.223 e. The van der Waals surface area contributed by atoms with Crippen molar-refractivity contribution in [2.45, 2.75) is 71.8 Å². The maximum absolute atomic E-state index is 12.3. The van der Waals surface area contributed by atoms with Crippen LogP contribution in [0.4, 0.5) is 0 Å².